The van der Waals surface area contributed by atoms with E-state index in [2.05, 4.69) is 0 Å². The second-order valence-electron chi connectivity index (χ2n) is 9.71. The highest BCUT2D eigenvalue weighted by Crippen LogP contribution is 2.48. The highest BCUT2D eigenvalue weighted by molar-refractivity contribution is 7.62. The van der Waals surface area contributed by atoms with Gasteiger partial charge in [0.1, 0.15) is 24.7 Å². The molecule has 0 saturated carbocycles. The Morgan fingerprint density at radius 2 is 1.19 bits per heavy atom. The van der Waals surface area contributed by atoms with Crippen molar-refractivity contribution < 1.29 is 37.9 Å². The van der Waals surface area contributed by atoms with Gasteiger partial charge in [0.25, 0.3) is 0 Å². The molecule has 0 aliphatic carbocycles. The Bertz CT molecular complexity index is 1090. The molecule has 2 unspecified atom stereocenters. The molecule has 208 valence electrons. The van der Waals surface area contributed by atoms with Gasteiger partial charge in [-0.15, -0.1) is 0 Å². The van der Waals surface area contributed by atoms with Gasteiger partial charge in [0, 0.05) is 12.6 Å². The Balaban J connectivity index is 2.17. The number of hydrogen-bond acceptors (Lipinski definition) is 8. The number of benzene rings is 2. The van der Waals surface area contributed by atoms with Crippen LogP contribution in [0, 0.1) is 13.8 Å². The molecular weight excluding hydrogens is 514 g/mol. The van der Waals surface area contributed by atoms with Gasteiger partial charge in [-0.05, 0) is 64.3 Å². The molecule has 0 spiro atoms. The van der Waals surface area contributed by atoms with Crippen molar-refractivity contribution in [2.24, 2.45) is 0 Å². The number of ether oxygens (including phenoxy) is 2. The van der Waals surface area contributed by atoms with Crippen molar-refractivity contribution in [3.8, 4) is 11.5 Å². The van der Waals surface area contributed by atoms with E-state index in [9.17, 15) is 19.3 Å². The van der Waals surface area contributed by atoms with E-state index in [1.54, 1.807) is 27.2 Å². The molecule has 37 heavy (non-hydrogen) atoms. The van der Waals surface area contributed by atoms with Gasteiger partial charge in [0.15, 0.2) is 0 Å². The predicted octanol–water partition coefficient (Wildman–Crippen LogP) is 5.26. The molecule has 8 nitrogen and oxygen atoms in total. The first-order valence-electron chi connectivity index (χ1n) is 12.6. The Morgan fingerprint density at radius 1 is 0.757 bits per heavy atom. The lowest BCUT2D eigenvalue weighted by Gasteiger charge is -2.21. The third kappa shape index (κ3) is 11.3. The lowest BCUT2D eigenvalue weighted by atomic mass is 10.00. The quantitative estimate of drug-likeness (QED) is 0.269. The summed E-state index contributed by atoms with van der Waals surface area (Å²) in [6, 6.07) is 11.6. The molecule has 2 atom stereocenters. The molecule has 0 bridgehead atoms. The average Bonchev–Trinajstić information content (AvgIpc) is 2.77. The Labute approximate surface area is 221 Å². The smallest absolute Gasteiger partial charge is 0.333 e. The van der Waals surface area contributed by atoms with Gasteiger partial charge < -0.3 is 33.3 Å². The van der Waals surface area contributed by atoms with Gasteiger partial charge in [-0.25, -0.2) is 0 Å². The van der Waals surface area contributed by atoms with E-state index in [0.29, 0.717) is 17.9 Å². The van der Waals surface area contributed by atoms with Crippen LogP contribution < -0.4 is 9.47 Å². The first kappa shape index (κ1) is 31.6. The number of aryl methyl sites for hydroxylation is 2. The van der Waals surface area contributed by atoms with Crippen molar-refractivity contribution in [3.63, 3.8) is 0 Å². The summed E-state index contributed by atoms with van der Waals surface area (Å²) in [6.45, 7) is 11.1. The van der Waals surface area contributed by atoms with Crippen molar-refractivity contribution in [1.82, 2.24) is 0 Å². The van der Waals surface area contributed by atoms with Gasteiger partial charge in [0.2, 0.25) is 0 Å². The van der Waals surface area contributed by atoms with Gasteiger partial charge in [-0.3, -0.25) is 4.57 Å². The molecule has 0 aliphatic heterocycles. The lowest BCUT2D eigenvalue weighted by molar-refractivity contribution is 0.113. The van der Waals surface area contributed by atoms with E-state index in [1.165, 1.54) is 0 Å². The summed E-state index contributed by atoms with van der Waals surface area (Å²) >= 11 is 0. The van der Waals surface area contributed by atoms with Crippen molar-refractivity contribution in [3.05, 3.63) is 58.7 Å². The van der Waals surface area contributed by atoms with Crippen LogP contribution in [0.3, 0.4) is 0 Å². The topological polar surface area (TPSA) is 112 Å². The summed E-state index contributed by atoms with van der Waals surface area (Å²) in [7, 11) is -5.76. The largest absolute Gasteiger partial charge is 0.491 e. The van der Waals surface area contributed by atoms with Crippen molar-refractivity contribution in [1.29, 1.82) is 0 Å². The molecule has 0 aliphatic rings. The molecule has 2 rings (SSSR count). The fourth-order valence-corrected chi connectivity index (χ4v) is 6.77. The monoisotopic (exact) mass is 556 g/mol. The normalized spacial score (nSPS) is 13.8. The van der Waals surface area contributed by atoms with Gasteiger partial charge in [-0.1, -0.05) is 35.4 Å². The van der Waals surface area contributed by atoms with Crippen molar-refractivity contribution in [2.45, 2.75) is 46.3 Å². The zero-order valence-corrected chi connectivity index (χ0v) is 24.6. The standard InChI is InChI=1S/C27H42O8P2/c1-7-34-37(31,35-8-2)19-25(29)17-33-27-12-10-21(4)14-23(27)15-22-13-20(3)9-11-26(22)32-16-24(28)18-36(5,6)30/h9-14,24-25,28-29H,7-8,15-19H2,1-6H3. The maximum Gasteiger partial charge on any atom is 0.333 e. The van der Waals surface area contributed by atoms with Crippen molar-refractivity contribution in [2.75, 3.05) is 52.1 Å². The highest BCUT2D eigenvalue weighted by atomic mass is 31.2. The molecule has 0 saturated heterocycles. The Hall–Kier alpha value is -1.66. The first-order chi connectivity index (χ1) is 17.3. The molecule has 10 heteroatoms. The maximum atomic E-state index is 12.7. The van der Waals surface area contributed by atoms with Gasteiger partial charge in [-0.2, -0.15) is 0 Å². The number of hydrogen-bond donors (Lipinski definition) is 2. The maximum absolute atomic E-state index is 12.7. The second-order valence-corrected chi connectivity index (χ2v) is 15.3. The summed E-state index contributed by atoms with van der Waals surface area (Å²) in [5.74, 6) is 1.23. The average molecular weight is 557 g/mol. The third-order valence-electron chi connectivity index (χ3n) is 5.41. The zero-order valence-electron chi connectivity index (χ0n) is 22.8. The molecule has 0 amide bonds. The summed E-state index contributed by atoms with van der Waals surface area (Å²) in [4.78, 5) is 0. The SMILES string of the molecule is CCOP(=O)(CC(O)COc1ccc(C)cc1Cc1cc(C)ccc1OCC(O)CP(C)(C)=O)OCC. The van der Waals surface area contributed by atoms with E-state index in [1.807, 2.05) is 50.2 Å². The third-order valence-corrected chi connectivity index (χ3v) is 8.88. The van der Waals surface area contributed by atoms with E-state index in [0.717, 1.165) is 22.3 Å². The molecule has 2 aromatic rings. The fraction of sp³-hybridized carbons (Fsp3) is 0.556. The van der Waals surface area contributed by atoms with Crippen LogP contribution in [0.2, 0.25) is 0 Å². The Kier molecular flexibility index (Phi) is 12.4. The predicted molar refractivity (Wildman–Crippen MR) is 148 cm³/mol. The van der Waals surface area contributed by atoms with E-state index in [-0.39, 0.29) is 38.8 Å². The van der Waals surface area contributed by atoms with Crippen LogP contribution >= 0.6 is 14.7 Å². The van der Waals surface area contributed by atoms with Crippen LogP contribution in [0.5, 0.6) is 11.5 Å². The molecule has 2 N–H and O–H groups in total. The molecule has 0 radical (unpaired) electrons. The zero-order chi connectivity index (χ0) is 27.6. The van der Waals surface area contributed by atoms with E-state index >= 15 is 0 Å². The van der Waals surface area contributed by atoms with Crippen LogP contribution in [0.4, 0.5) is 0 Å². The Morgan fingerprint density at radius 3 is 1.59 bits per heavy atom. The number of rotatable bonds is 16. The molecule has 0 aromatic heterocycles. The minimum atomic E-state index is -3.40. The molecule has 2 aromatic carbocycles. The van der Waals surface area contributed by atoms with Crippen LogP contribution in [-0.2, 0) is 24.6 Å². The van der Waals surface area contributed by atoms with E-state index < -0.39 is 26.9 Å². The fourth-order valence-electron chi connectivity index (χ4n) is 3.96. The minimum absolute atomic E-state index is 0.0464. The number of aliphatic hydroxyl groups excluding tert-OH is 2. The van der Waals surface area contributed by atoms with Crippen LogP contribution in [0.15, 0.2) is 36.4 Å². The highest BCUT2D eigenvalue weighted by Gasteiger charge is 2.28. The first-order valence-corrected chi connectivity index (χ1v) is 17.1. The lowest BCUT2D eigenvalue weighted by Crippen LogP contribution is -2.23. The summed E-state index contributed by atoms with van der Waals surface area (Å²) in [5.41, 5.74) is 3.92. The minimum Gasteiger partial charge on any atom is -0.491 e. The van der Waals surface area contributed by atoms with Crippen molar-refractivity contribution >= 4 is 14.7 Å². The van der Waals surface area contributed by atoms with Gasteiger partial charge >= 0.3 is 7.60 Å². The molecular formula is C27H42O8P2. The second kappa shape index (κ2) is 14.5. The van der Waals surface area contributed by atoms with Gasteiger partial charge in [0.05, 0.1) is 38.7 Å². The van der Waals surface area contributed by atoms with Crippen LogP contribution in [0.25, 0.3) is 0 Å². The summed E-state index contributed by atoms with van der Waals surface area (Å²) < 4.78 is 47.2. The van der Waals surface area contributed by atoms with Crippen LogP contribution in [-0.4, -0.2) is 74.5 Å². The number of aliphatic hydroxyl groups is 2. The van der Waals surface area contributed by atoms with E-state index in [4.69, 9.17) is 18.5 Å². The summed E-state index contributed by atoms with van der Waals surface area (Å²) in [6.07, 6.45) is -1.32. The molecule has 0 heterocycles. The molecule has 0 fully saturated rings. The summed E-state index contributed by atoms with van der Waals surface area (Å²) in [5, 5.41) is 20.7. The van der Waals surface area contributed by atoms with Crippen LogP contribution in [0.1, 0.15) is 36.1 Å².